The number of carboxylic acids is 1. The molecule has 0 aliphatic carbocycles. The molecule has 2 N–H and O–H groups in total. The van der Waals surface area contributed by atoms with Gasteiger partial charge in [0.2, 0.25) is 5.91 Å². The first-order chi connectivity index (χ1) is 9.36. The number of benzene rings is 1. The Morgan fingerprint density at radius 1 is 1.20 bits per heavy atom. The van der Waals surface area contributed by atoms with Crippen LogP contribution in [0.5, 0.6) is 0 Å². The number of carbonyl (C=O) groups excluding carboxylic acids is 1. The van der Waals surface area contributed by atoms with Gasteiger partial charge in [-0.15, -0.1) is 0 Å². The molecule has 4 nitrogen and oxygen atoms in total. The number of amides is 1. The lowest BCUT2D eigenvalue weighted by molar-refractivity contribution is -0.138. The van der Waals surface area contributed by atoms with Crippen LogP contribution in [0.25, 0.3) is 0 Å². The molecule has 1 aromatic rings. The average Bonchev–Trinajstić information content (AvgIpc) is 2.30. The zero-order valence-corrected chi connectivity index (χ0v) is 12.5. The molecule has 0 spiro atoms. The Bertz CT molecular complexity index is 459. The summed E-state index contributed by atoms with van der Waals surface area (Å²) in [6, 6.07) is 7.50. The summed E-state index contributed by atoms with van der Waals surface area (Å²) in [7, 11) is 0. The minimum atomic E-state index is -0.875. The summed E-state index contributed by atoms with van der Waals surface area (Å²) in [5.74, 6) is -1.14. The van der Waals surface area contributed by atoms with Gasteiger partial charge in [-0.25, -0.2) is 0 Å². The predicted octanol–water partition coefficient (Wildman–Crippen LogP) is 2.89. The Hall–Kier alpha value is -1.55. The SMILES string of the molecule is CC(CC(=O)O)CC(=O)NC(C)Cc1ccc(Cl)cc1. The molecule has 2 unspecified atom stereocenters. The molecule has 2 atom stereocenters. The summed E-state index contributed by atoms with van der Waals surface area (Å²) in [4.78, 5) is 22.3. The second kappa shape index (κ2) is 7.90. The minimum absolute atomic E-state index is 0.000651. The van der Waals surface area contributed by atoms with E-state index >= 15 is 0 Å². The molecule has 1 rings (SSSR count). The standard InChI is InChI=1S/C15H20ClNO3/c1-10(8-15(19)20)7-14(18)17-11(2)9-12-3-5-13(16)6-4-12/h3-6,10-11H,7-9H2,1-2H3,(H,17,18)(H,19,20). The van der Waals surface area contributed by atoms with Crippen LogP contribution in [-0.2, 0) is 16.0 Å². The molecular formula is C15H20ClNO3. The largest absolute Gasteiger partial charge is 0.481 e. The van der Waals surface area contributed by atoms with Crippen LogP contribution in [0.3, 0.4) is 0 Å². The van der Waals surface area contributed by atoms with Crippen molar-refractivity contribution in [2.45, 2.75) is 39.2 Å². The maximum atomic E-state index is 11.8. The summed E-state index contributed by atoms with van der Waals surface area (Å²) in [6.45, 7) is 3.69. The number of hydrogen-bond acceptors (Lipinski definition) is 2. The number of nitrogens with one attached hydrogen (secondary N) is 1. The van der Waals surface area contributed by atoms with Gasteiger partial charge in [-0.05, 0) is 37.0 Å². The van der Waals surface area contributed by atoms with Gasteiger partial charge in [-0.3, -0.25) is 9.59 Å². The lowest BCUT2D eigenvalue weighted by Crippen LogP contribution is -2.35. The van der Waals surface area contributed by atoms with Crippen molar-refractivity contribution < 1.29 is 14.7 Å². The average molecular weight is 298 g/mol. The van der Waals surface area contributed by atoms with Gasteiger partial charge in [-0.2, -0.15) is 0 Å². The van der Waals surface area contributed by atoms with Crippen LogP contribution in [0.1, 0.15) is 32.3 Å². The number of rotatable bonds is 7. The Balaban J connectivity index is 2.37. The molecule has 5 heteroatoms. The fourth-order valence-electron chi connectivity index (χ4n) is 2.05. The van der Waals surface area contributed by atoms with E-state index in [1.807, 2.05) is 31.2 Å². The van der Waals surface area contributed by atoms with Gasteiger partial charge in [0.15, 0.2) is 0 Å². The van der Waals surface area contributed by atoms with Crippen molar-refractivity contribution >= 4 is 23.5 Å². The van der Waals surface area contributed by atoms with Crippen molar-refractivity contribution in [3.05, 3.63) is 34.9 Å². The van der Waals surface area contributed by atoms with Crippen molar-refractivity contribution in [2.75, 3.05) is 0 Å². The number of carbonyl (C=O) groups is 2. The highest BCUT2D eigenvalue weighted by Gasteiger charge is 2.14. The van der Waals surface area contributed by atoms with E-state index < -0.39 is 5.97 Å². The van der Waals surface area contributed by atoms with E-state index in [2.05, 4.69) is 5.32 Å². The Morgan fingerprint density at radius 3 is 2.35 bits per heavy atom. The van der Waals surface area contributed by atoms with Gasteiger partial charge in [0.05, 0.1) is 0 Å². The fourth-order valence-corrected chi connectivity index (χ4v) is 2.17. The van der Waals surface area contributed by atoms with Gasteiger partial charge in [0, 0.05) is 23.9 Å². The smallest absolute Gasteiger partial charge is 0.303 e. The van der Waals surface area contributed by atoms with Crippen molar-refractivity contribution in [1.29, 1.82) is 0 Å². The molecule has 0 radical (unpaired) electrons. The maximum Gasteiger partial charge on any atom is 0.303 e. The van der Waals surface area contributed by atoms with Crippen LogP contribution in [0.2, 0.25) is 5.02 Å². The van der Waals surface area contributed by atoms with E-state index in [9.17, 15) is 9.59 Å². The Labute approximate surface area is 124 Å². The van der Waals surface area contributed by atoms with Gasteiger partial charge >= 0.3 is 5.97 Å². The molecule has 0 aliphatic heterocycles. The van der Waals surface area contributed by atoms with Gasteiger partial charge in [-0.1, -0.05) is 30.7 Å². The Morgan fingerprint density at radius 2 is 1.80 bits per heavy atom. The van der Waals surface area contributed by atoms with E-state index in [4.69, 9.17) is 16.7 Å². The zero-order valence-electron chi connectivity index (χ0n) is 11.7. The third-order valence-corrected chi connectivity index (χ3v) is 3.17. The molecule has 20 heavy (non-hydrogen) atoms. The van der Waals surface area contributed by atoms with E-state index in [0.717, 1.165) is 12.0 Å². The van der Waals surface area contributed by atoms with Crippen molar-refractivity contribution in [3.8, 4) is 0 Å². The van der Waals surface area contributed by atoms with Gasteiger partial charge in [0.25, 0.3) is 0 Å². The number of halogens is 1. The first-order valence-electron chi connectivity index (χ1n) is 6.62. The van der Waals surface area contributed by atoms with Crippen LogP contribution in [0.15, 0.2) is 24.3 Å². The van der Waals surface area contributed by atoms with Crippen molar-refractivity contribution in [2.24, 2.45) is 5.92 Å². The van der Waals surface area contributed by atoms with Crippen molar-refractivity contribution in [3.63, 3.8) is 0 Å². The summed E-state index contributed by atoms with van der Waals surface area (Å²) in [6.07, 6.45) is 0.965. The lowest BCUT2D eigenvalue weighted by Gasteiger charge is -2.15. The monoisotopic (exact) mass is 297 g/mol. The second-order valence-electron chi connectivity index (χ2n) is 5.21. The summed E-state index contributed by atoms with van der Waals surface area (Å²) < 4.78 is 0. The molecule has 0 saturated heterocycles. The van der Waals surface area contributed by atoms with Crippen molar-refractivity contribution in [1.82, 2.24) is 5.32 Å². The third-order valence-electron chi connectivity index (χ3n) is 2.92. The molecular weight excluding hydrogens is 278 g/mol. The van der Waals surface area contributed by atoms with Crippen LogP contribution >= 0.6 is 11.6 Å². The molecule has 0 saturated carbocycles. The molecule has 0 fully saturated rings. The fraction of sp³-hybridized carbons (Fsp3) is 0.467. The normalized spacial score (nSPS) is 13.6. The molecule has 110 valence electrons. The molecule has 1 amide bonds. The number of carboxylic acid groups (broad SMARTS) is 1. The second-order valence-corrected chi connectivity index (χ2v) is 5.64. The minimum Gasteiger partial charge on any atom is -0.481 e. The van der Waals surface area contributed by atoms with Crippen LogP contribution < -0.4 is 5.32 Å². The van der Waals surface area contributed by atoms with Crippen LogP contribution in [0, 0.1) is 5.92 Å². The van der Waals surface area contributed by atoms with E-state index in [-0.39, 0.29) is 30.7 Å². The molecule has 0 heterocycles. The van der Waals surface area contributed by atoms with Crippen LogP contribution in [-0.4, -0.2) is 23.0 Å². The topological polar surface area (TPSA) is 66.4 Å². The first kappa shape index (κ1) is 16.5. The molecule has 0 aliphatic rings. The maximum absolute atomic E-state index is 11.8. The summed E-state index contributed by atoms with van der Waals surface area (Å²) in [5, 5.41) is 12.2. The molecule has 0 aromatic heterocycles. The van der Waals surface area contributed by atoms with E-state index in [1.54, 1.807) is 6.92 Å². The Kier molecular flexibility index (Phi) is 6.52. The number of aliphatic carboxylic acids is 1. The van der Waals surface area contributed by atoms with Gasteiger partial charge in [0.1, 0.15) is 0 Å². The summed E-state index contributed by atoms with van der Waals surface area (Å²) >= 11 is 5.81. The highest BCUT2D eigenvalue weighted by Crippen LogP contribution is 2.12. The number of hydrogen-bond donors (Lipinski definition) is 2. The highest BCUT2D eigenvalue weighted by atomic mass is 35.5. The first-order valence-corrected chi connectivity index (χ1v) is 7.00. The van der Waals surface area contributed by atoms with E-state index in [1.165, 1.54) is 0 Å². The van der Waals surface area contributed by atoms with E-state index in [0.29, 0.717) is 5.02 Å². The molecule has 0 bridgehead atoms. The molecule has 1 aromatic carbocycles. The quantitative estimate of drug-likeness (QED) is 0.813. The lowest BCUT2D eigenvalue weighted by atomic mass is 10.0. The van der Waals surface area contributed by atoms with Crippen LogP contribution in [0.4, 0.5) is 0 Å². The third kappa shape index (κ3) is 6.57. The summed E-state index contributed by atoms with van der Waals surface area (Å²) in [5.41, 5.74) is 1.10. The zero-order chi connectivity index (χ0) is 15.1. The highest BCUT2D eigenvalue weighted by molar-refractivity contribution is 6.30. The predicted molar refractivity (Wildman–Crippen MR) is 78.8 cm³/mol. The van der Waals surface area contributed by atoms with Gasteiger partial charge < -0.3 is 10.4 Å².